The molecule has 76 valence electrons. The van der Waals surface area contributed by atoms with Gasteiger partial charge >= 0.3 is 0 Å². The van der Waals surface area contributed by atoms with Crippen LogP contribution in [0.1, 0.15) is 5.56 Å². The first-order valence-corrected chi connectivity index (χ1v) is 4.39. The van der Waals surface area contributed by atoms with Crippen LogP contribution in [0.15, 0.2) is 24.3 Å². The molecule has 1 aromatic carbocycles. The summed E-state index contributed by atoms with van der Waals surface area (Å²) < 4.78 is 0. The lowest BCUT2D eigenvalue weighted by atomic mass is 10.2. The van der Waals surface area contributed by atoms with Gasteiger partial charge < -0.3 is 11.5 Å². The second-order valence-corrected chi connectivity index (χ2v) is 3.38. The highest BCUT2D eigenvalue weighted by atomic mass is 16.1. The minimum Gasteiger partial charge on any atom is -0.399 e. The van der Waals surface area contributed by atoms with Crippen molar-refractivity contribution in [2.45, 2.75) is 6.54 Å². The van der Waals surface area contributed by atoms with Crippen LogP contribution in [0.25, 0.3) is 0 Å². The van der Waals surface area contributed by atoms with E-state index in [1.54, 1.807) is 0 Å². The number of hydrogen-bond donors (Lipinski definition) is 2. The van der Waals surface area contributed by atoms with E-state index >= 15 is 0 Å². The minimum atomic E-state index is -0.317. The summed E-state index contributed by atoms with van der Waals surface area (Å²) in [6.45, 7) is 0.966. The number of hydrogen-bond acceptors (Lipinski definition) is 3. The standard InChI is InChI=1S/C10H15N3O/c1-13(7-10(12)14)6-8-2-4-9(11)5-3-8/h2-5H,6-7,11H2,1H3,(H2,12,14). The summed E-state index contributed by atoms with van der Waals surface area (Å²) in [5.41, 5.74) is 12.5. The van der Waals surface area contributed by atoms with Gasteiger partial charge in [0.15, 0.2) is 0 Å². The topological polar surface area (TPSA) is 72.3 Å². The highest BCUT2D eigenvalue weighted by molar-refractivity contribution is 5.75. The molecule has 1 aromatic rings. The van der Waals surface area contributed by atoms with E-state index in [4.69, 9.17) is 11.5 Å². The van der Waals surface area contributed by atoms with E-state index in [9.17, 15) is 4.79 Å². The number of nitrogen functional groups attached to an aromatic ring is 1. The summed E-state index contributed by atoms with van der Waals surface area (Å²) in [7, 11) is 1.85. The lowest BCUT2D eigenvalue weighted by Gasteiger charge is -2.14. The Morgan fingerprint density at radius 1 is 1.36 bits per heavy atom. The normalized spacial score (nSPS) is 10.4. The predicted molar refractivity (Wildman–Crippen MR) is 56.4 cm³/mol. The molecule has 4 nitrogen and oxygen atoms in total. The largest absolute Gasteiger partial charge is 0.399 e. The number of rotatable bonds is 4. The molecule has 0 unspecified atom stereocenters. The van der Waals surface area contributed by atoms with Crippen molar-refractivity contribution in [2.24, 2.45) is 5.73 Å². The highest BCUT2D eigenvalue weighted by Gasteiger charge is 2.02. The number of benzene rings is 1. The third kappa shape index (κ3) is 3.45. The van der Waals surface area contributed by atoms with Crippen molar-refractivity contribution >= 4 is 11.6 Å². The van der Waals surface area contributed by atoms with E-state index < -0.39 is 0 Å². The molecule has 0 saturated heterocycles. The van der Waals surface area contributed by atoms with E-state index in [0.29, 0.717) is 6.54 Å². The van der Waals surface area contributed by atoms with Gasteiger partial charge in [0.25, 0.3) is 0 Å². The predicted octanol–water partition coefficient (Wildman–Crippen LogP) is 0.186. The number of anilines is 1. The SMILES string of the molecule is CN(CC(N)=O)Cc1ccc(N)cc1. The van der Waals surface area contributed by atoms with Gasteiger partial charge in [-0.1, -0.05) is 12.1 Å². The first-order valence-electron chi connectivity index (χ1n) is 4.39. The average Bonchev–Trinajstić information content (AvgIpc) is 2.07. The number of amides is 1. The molecule has 0 aromatic heterocycles. The Labute approximate surface area is 83.5 Å². The quantitative estimate of drug-likeness (QED) is 0.670. The summed E-state index contributed by atoms with van der Waals surface area (Å²) in [5, 5.41) is 0. The Bertz CT molecular complexity index is 308. The third-order valence-corrected chi connectivity index (χ3v) is 1.86. The molecule has 0 atom stereocenters. The summed E-state index contributed by atoms with van der Waals surface area (Å²) in [5.74, 6) is -0.317. The molecule has 14 heavy (non-hydrogen) atoms. The van der Waals surface area contributed by atoms with Gasteiger partial charge in [-0.25, -0.2) is 0 Å². The number of likely N-dealkylation sites (N-methyl/N-ethyl adjacent to an activating group) is 1. The Morgan fingerprint density at radius 2 is 1.93 bits per heavy atom. The monoisotopic (exact) mass is 193 g/mol. The van der Waals surface area contributed by atoms with Crippen LogP contribution in [0.2, 0.25) is 0 Å². The van der Waals surface area contributed by atoms with Gasteiger partial charge in [0.05, 0.1) is 6.54 Å². The summed E-state index contributed by atoms with van der Waals surface area (Å²) in [6.07, 6.45) is 0. The van der Waals surface area contributed by atoms with Gasteiger partial charge in [0.1, 0.15) is 0 Å². The van der Waals surface area contributed by atoms with Crippen LogP contribution in [0, 0.1) is 0 Å². The molecular weight excluding hydrogens is 178 g/mol. The second kappa shape index (κ2) is 4.62. The molecule has 0 aliphatic heterocycles. The maximum absolute atomic E-state index is 10.6. The Balaban J connectivity index is 2.51. The van der Waals surface area contributed by atoms with Crippen LogP contribution >= 0.6 is 0 Å². The Morgan fingerprint density at radius 3 is 2.43 bits per heavy atom. The molecule has 0 radical (unpaired) electrons. The molecule has 0 bridgehead atoms. The Hall–Kier alpha value is -1.55. The lowest BCUT2D eigenvalue weighted by Crippen LogP contribution is -2.30. The van der Waals surface area contributed by atoms with Gasteiger partial charge in [0, 0.05) is 12.2 Å². The molecular formula is C10H15N3O. The first-order chi connectivity index (χ1) is 6.58. The number of carbonyl (C=O) groups is 1. The van der Waals surface area contributed by atoms with Crippen molar-refractivity contribution in [3.05, 3.63) is 29.8 Å². The fourth-order valence-electron chi connectivity index (χ4n) is 1.26. The van der Waals surface area contributed by atoms with Gasteiger partial charge in [0.2, 0.25) is 5.91 Å². The number of primary amides is 1. The van der Waals surface area contributed by atoms with Crippen molar-refractivity contribution in [3.63, 3.8) is 0 Å². The van der Waals surface area contributed by atoms with Crippen LogP contribution < -0.4 is 11.5 Å². The van der Waals surface area contributed by atoms with Gasteiger partial charge in [-0.15, -0.1) is 0 Å². The first kappa shape index (κ1) is 10.5. The van der Waals surface area contributed by atoms with Crippen molar-refractivity contribution in [2.75, 3.05) is 19.3 Å². The molecule has 0 aliphatic carbocycles. The minimum absolute atomic E-state index is 0.268. The summed E-state index contributed by atoms with van der Waals surface area (Å²) >= 11 is 0. The van der Waals surface area contributed by atoms with Crippen LogP contribution in [-0.2, 0) is 11.3 Å². The lowest BCUT2D eigenvalue weighted by molar-refractivity contribution is -0.118. The molecule has 0 saturated carbocycles. The van der Waals surface area contributed by atoms with E-state index in [-0.39, 0.29) is 12.5 Å². The zero-order chi connectivity index (χ0) is 10.6. The molecule has 1 rings (SSSR count). The van der Waals surface area contributed by atoms with Crippen LogP contribution in [-0.4, -0.2) is 24.4 Å². The van der Waals surface area contributed by atoms with Crippen LogP contribution in [0.3, 0.4) is 0 Å². The highest BCUT2D eigenvalue weighted by Crippen LogP contribution is 2.07. The average molecular weight is 193 g/mol. The molecule has 1 amide bonds. The molecule has 0 aliphatic rings. The number of nitrogens with two attached hydrogens (primary N) is 2. The Kier molecular flexibility index (Phi) is 3.48. The zero-order valence-electron chi connectivity index (χ0n) is 8.23. The molecule has 4 N–H and O–H groups in total. The smallest absolute Gasteiger partial charge is 0.231 e. The molecule has 0 fully saturated rings. The molecule has 0 spiro atoms. The van der Waals surface area contributed by atoms with Gasteiger partial charge in [-0.2, -0.15) is 0 Å². The maximum Gasteiger partial charge on any atom is 0.231 e. The fraction of sp³-hybridized carbons (Fsp3) is 0.300. The van der Waals surface area contributed by atoms with Gasteiger partial charge in [-0.05, 0) is 24.7 Å². The van der Waals surface area contributed by atoms with E-state index in [2.05, 4.69) is 0 Å². The number of nitrogens with zero attached hydrogens (tertiary/aromatic N) is 1. The van der Waals surface area contributed by atoms with Crippen LogP contribution in [0.4, 0.5) is 5.69 Å². The third-order valence-electron chi connectivity index (χ3n) is 1.86. The van der Waals surface area contributed by atoms with E-state index in [1.807, 2.05) is 36.2 Å². The van der Waals surface area contributed by atoms with E-state index in [0.717, 1.165) is 11.3 Å². The summed E-state index contributed by atoms with van der Waals surface area (Å²) in [6, 6.07) is 7.56. The van der Waals surface area contributed by atoms with E-state index in [1.165, 1.54) is 0 Å². The van der Waals surface area contributed by atoms with Crippen molar-refractivity contribution in [1.29, 1.82) is 0 Å². The second-order valence-electron chi connectivity index (χ2n) is 3.38. The van der Waals surface area contributed by atoms with Crippen molar-refractivity contribution < 1.29 is 4.79 Å². The van der Waals surface area contributed by atoms with Crippen molar-refractivity contribution in [3.8, 4) is 0 Å². The molecule has 0 heterocycles. The zero-order valence-corrected chi connectivity index (χ0v) is 8.23. The number of carbonyl (C=O) groups excluding carboxylic acids is 1. The molecule has 4 heteroatoms. The fourth-order valence-corrected chi connectivity index (χ4v) is 1.26. The van der Waals surface area contributed by atoms with Crippen molar-refractivity contribution in [1.82, 2.24) is 4.90 Å². The van der Waals surface area contributed by atoms with Crippen LogP contribution in [0.5, 0.6) is 0 Å². The summed E-state index contributed by atoms with van der Waals surface area (Å²) in [4.78, 5) is 12.5. The maximum atomic E-state index is 10.6. The van der Waals surface area contributed by atoms with Gasteiger partial charge in [-0.3, -0.25) is 9.69 Å².